The Morgan fingerprint density at radius 2 is 1.76 bits per heavy atom. The Labute approximate surface area is 190 Å². The maximum atomic E-state index is 13.0. The highest BCUT2D eigenvalue weighted by molar-refractivity contribution is 5.88. The van der Waals surface area contributed by atoms with Crippen molar-refractivity contribution in [3.8, 4) is 17.2 Å². The molecule has 4 aromatic rings. The van der Waals surface area contributed by atoms with Gasteiger partial charge in [0.15, 0.2) is 11.5 Å². The van der Waals surface area contributed by atoms with Crippen LogP contribution in [0.2, 0.25) is 0 Å². The van der Waals surface area contributed by atoms with Crippen LogP contribution in [-0.4, -0.2) is 48.0 Å². The SMILES string of the molecule is COc1ccc2c(c1)cc1c(=O)n(CC(=O)NCCc3ccc(OC)c(OC)c3)nc(C)n12. The Kier molecular flexibility index (Phi) is 6.21. The largest absolute Gasteiger partial charge is 0.497 e. The lowest BCUT2D eigenvalue weighted by Gasteiger charge is -2.11. The Morgan fingerprint density at radius 3 is 2.48 bits per heavy atom. The van der Waals surface area contributed by atoms with Crippen LogP contribution in [0.4, 0.5) is 0 Å². The lowest BCUT2D eigenvalue weighted by Crippen LogP contribution is -2.35. The second-order valence-electron chi connectivity index (χ2n) is 7.59. The summed E-state index contributed by atoms with van der Waals surface area (Å²) in [5, 5.41) is 8.08. The van der Waals surface area contributed by atoms with Crippen molar-refractivity contribution in [2.45, 2.75) is 19.9 Å². The van der Waals surface area contributed by atoms with Gasteiger partial charge in [0.05, 0.1) is 26.8 Å². The molecule has 0 aliphatic heterocycles. The van der Waals surface area contributed by atoms with Crippen LogP contribution in [0.15, 0.2) is 47.3 Å². The summed E-state index contributed by atoms with van der Waals surface area (Å²) in [6, 6.07) is 13.0. The van der Waals surface area contributed by atoms with Crippen molar-refractivity contribution < 1.29 is 19.0 Å². The van der Waals surface area contributed by atoms with Crippen LogP contribution in [0.25, 0.3) is 16.4 Å². The minimum atomic E-state index is -0.328. The minimum Gasteiger partial charge on any atom is -0.497 e. The molecule has 0 atom stereocenters. The molecule has 1 amide bonds. The number of benzene rings is 2. The predicted molar refractivity (Wildman–Crippen MR) is 125 cm³/mol. The predicted octanol–water partition coefficient (Wildman–Crippen LogP) is 2.34. The number of amides is 1. The molecule has 9 heteroatoms. The second kappa shape index (κ2) is 9.23. The zero-order valence-electron chi connectivity index (χ0n) is 19.0. The van der Waals surface area contributed by atoms with E-state index in [1.165, 1.54) is 4.68 Å². The Balaban J connectivity index is 1.48. The monoisotopic (exact) mass is 450 g/mol. The number of rotatable bonds is 8. The normalized spacial score (nSPS) is 11.0. The van der Waals surface area contributed by atoms with Gasteiger partial charge in [-0.25, -0.2) is 4.68 Å². The van der Waals surface area contributed by atoms with E-state index in [9.17, 15) is 9.59 Å². The van der Waals surface area contributed by atoms with E-state index in [0.29, 0.717) is 41.6 Å². The lowest BCUT2D eigenvalue weighted by molar-refractivity contribution is -0.121. The topological polar surface area (TPSA) is 96.1 Å². The van der Waals surface area contributed by atoms with Crippen LogP contribution in [0, 0.1) is 6.92 Å². The minimum absolute atomic E-state index is 0.160. The molecule has 2 aromatic carbocycles. The average Bonchev–Trinajstić information content (AvgIpc) is 3.21. The molecule has 0 spiro atoms. The maximum Gasteiger partial charge on any atom is 0.291 e. The molecule has 0 saturated carbocycles. The van der Waals surface area contributed by atoms with E-state index in [1.54, 1.807) is 31.8 Å². The molecule has 2 heterocycles. The number of fused-ring (bicyclic) bond motifs is 3. The number of hydrogen-bond acceptors (Lipinski definition) is 6. The van der Waals surface area contributed by atoms with Gasteiger partial charge in [0, 0.05) is 11.9 Å². The third-order valence-electron chi connectivity index (χ3n) is 5.53. The van der Waals surface area contributed by atoms with Crippen LogP contribution < -0.4 is 25.1 Å². The van der Waals surface area contributed by atoms with Gasteiger partial charge in [-0.2, -0.15) is 5.10 Å². The summed E-state index contributed by atoms with van der Waals surface area (Å²) in [6.45, 7) is 2.06. The van der Waals surface area contributed by atoms with Gasteiger partial charge >= 0.3 is 0 Å². The summed E-state index contributed by atoms with van der Waals surface area (Å²) < 4.78 is 18.8. The van der Waals surface area contributed by atoms with Crippen molar-refractivity contribution in [1.82, 2.24) is 19.5 Å². The Morgan fingerprint density at radius 1 is 0.970 bits per heavy atom. The molecule has 1 N–H and O–H groups in total. The molecule has 0 aliphatic carbocycles. The molecular weight excluding hydrogens is 424 g/mol. The van der Waals surface area contributed by atoms with E-state index in [2.05, 4.69) is 10.4 Å². The fourth-order valence-corrected chi connectivity index (χ4v) is 3.90. The van der Waals surface area contributed by atoms with Crippen molar-refractivity contribution in [2.24, 2.45) is 0 Å². The zero-order valence-corrected chi connectivity index (χ0v) is 19.0. The van der Waals surface area contributed by atoms with Gasteiger partial charge in [-0.05, 0) is 55.3 Å². The number of aromatic nitrogens is 3. The van der Waals surface area contributed by atoms with E-state index in [-0.39, 0.29) is 18.0 Å². The molecule has 0 bridgehead atoms. The first kappa shape index (κ1) is 22.2. The summed E-state index contributed by atoms with van der Waals surface area (Å²) in [5.41, 5.74) is 1.99. The summed E-state index contributed by atoms with van der Waals surface area (Å²) in [4.78, 5) is 25.5. The number of nitrogens with zero attached hydrogens (tertiary/aromatic N) is 3. The van der Waals surface area contributed by atoms with Crippen LogP contribution >= 0.6 is 0 Å². The fraction of sp³-hybridized carbons (Fsp3) is 0.292. The first-order chi connectivity index (χ1) is 15.9. The van der Waals surface area contributed by atoms with Gasteiger partial charge < -0.3 is 19.5 Å². The number of nitrogens with one attached hydrogen (secondary N) is 1. The fourth-order valence-electron chi connectivity index (χ4n) is 3.90. The molecule has 0 unspecified atom stereocenters. The van der Waals surface area contributed by atoms with E-state index in [0.717, 1.165) is 16.5 Å². The summed E-state index contributed by atoms with van der Waals surface area (Å²) in [6.07, 6.45) is 0.610. The van der Waals surface area contributed by atoms with E-state index >= 15 is 0 Å². The summed E-state index contributed by atoms with van der Waals surface area (Å²) in [7, 11) is 4.76. The standard InChI is InChI=1S/C24H26N4O5/c1-15-26-27(24(30)20-13-17-12-18(31-2)6-7-19(17)28(15)20)14-23(29)25-10-9-16-5-8-21(32-3)22(11-16)33-4/h5-8,11-13H,9-10,14H2,1-4H3,(H,25,29). The average molecular weight is 450 g/mol. The molecule has 0 saturated heterocycles. The highest BCUT2D eigenvalue weighted by Gasteiger charge is 2.15. The molecule has 0 fully saturated rings. The van der Waals surface area contributed by atoms with Gasteiger partial charge in [0.1, 0.15) is 23.6 Å². The van der Waals surface area contributed by atoms with Crippen LogP contribution in [0.1, 0.15) is 11.4 Å². The zero-order chi connectivity index (χ0) is 23.5. The third kappa shape index (κ3) is 4.34. The molecule has 0 radical (unpaired) electrons. The number of aryl methyl sites for hydroxylation is 1. The van der Waals surface area contributed by atoms with Gasteiger partial charge in [-0.1, -0.05) is 6.07 Å². The van der Waals surface area contributed by atoms with Crippen molar-refractivity contribution in [3.05, 3.63) is 64.2 Å². The molecule has 9 nitrogen and oxygen atoms in total. The van der Waals surface area contributed by atoms with Crippen LogP contribution in [0.5, 0.6) is 17.2 Å². The smallest absolute Gasteiger partial charge is 0.291 e. The molecule has 4 rings (SSSR count). The molecular formula is C24H26N4O5. The van der Waals surface area contributed by atoms with E-state index in [1.807, 2.05) is 43.3 Å². The van der Waals surface area contributed by atoms with Crippen molar-refractivity contribution in [1.29, 1.82) is 0 Å². The highest BCUT2D eigenvalue weighted by atomic mass is 16.5. The van der Waals surface area contributed by atoms with Crippen LogP contribution in [-0.2, 0) is 17.8 Å². The second-order valence-corrected chi connectivity index (χ2v) is 7.59. The first-order valence-electron chi connectivity index (χ1n) is 10.5. The molecule has 2 aromatic heterocycles. The number of ether oxygens (including phenoxy) is 3. The Hall–Kier alpha value is -4.01. The molecule has 0 aliphatic rings. The van der Waals surface area contributed by atoms with Gasteiger partial charge in [0.25, 0.3) is 5.56 Å². The van der Waals surface area contributed by atoms with Crippen molar-refractivity contribution >= 4 is 22.3 Å². The summed E-state index contributed by atoms with van der Waals surface area (Å²) in [5.74, 6) is 2.32. The quantitative estimate of drug-likeness (QED) is 0.443. The van der Waals surface area contributed by atoms with Gasteiger partial charge in [-0.3, -0.25) is 14.0 Å². The molecule has 33 heavy (non-hydrogen) atoms. The van der Waals surface area contributed by atoms with Crippen LogP contribution in [0.3, 0.4) is 0 Å². The number of carbonyl (C=O) groups excluding carboxylic acids is 1. The van der Waals surface area contributed by atoms with Gasteiger partial charge in [-0.15, -0.1) is 0 Å². The number of carbonyl (C=O) groups is 1. The van der Waals surface area contributed by atoms with Gasteiger partial charge in [0.2, 0.25) is 5.91 Å². The molecule has 172 valence electrons. The van der Waals surface area contributed by atoms with E-state index < -0.39 is 0 Å². The highest BCUT2D eigenvalue weighted by Crippen LogP contribution is 2.27. The van der Waals surface area contributed by atoms with Crippen molar-refractivity contribution in [3.63, 3.8) is 0 Å². The number of hydrogen-bond donors (Lipinski definition) is 1. The third-order valence-corrected chi connectivity index (χ3v) is 5.53. The van der Waals surface area contributed by atoms with E-state index in [4.69, 9.17) is 14.2 Å². The van der Waals surface area contributed by atoms with Crippen molar-refractivity contribution in [2.75, 3.05) is 27.9 Å². The summed E-state index contributed by atoms with van der Waals surface area (Å²) >= 11 is 0. The number of methoxy groups -OCH3 is 3. The maximum absolute atomic E-state index is 13.0. The first-order valence-corrected chi connectivity index (χ1v) is 10.5. The Bertz CT molecular complexity index is 1390. The lowest BCUT2D eigenvalue weighted by atomic mass is 10.1.